The number of carbonyl (C=O) groups excluding carboxylic acids is 1. The molecule has 0 bridgehead atoms. The van der Waals surface area contributed by atoms with Gasteiger partial charge in [0, 0.05) is 5.56 Å². The Morgan fingerprint density at radius 2 is 1.76 bits per heavy atom. The standard InChI is InChI=1S/C18H20O3/c1-12-9-10-16(14(11-12)18(2,3)4)21-17(20)13-7-5-6-8-15(13)19/h5-11,19H,1-4H3. The summed E-state index contributed by atoms with van der Waals surface area (Å²) in [7, 11) is 0. The van der Waals surface area contributed by atoms with Gasteiger partial charge in [-0.3, -0.25) is 0 Å². The second-order valence-corrected chi connectivity index (χ2v) is 6.16. The summed E-state index contributed by atoms with van der Waals surface area (Å²) in [6, 6.07) is 12.1. The van der Waals surface area contributed by atoms with Gasteiger partial charge in [-0.2, -0.15) is 0 Å². The van der Waals surface area contributed by atoms with Crippen LogP contribution < -0.4 is 4.74 Å². The maximum Gasteiger partial charge on any atom is 0.347 e. The lowest BCUT2D eigenvalue weighted by molar-refractivity contribution is 0.0728. The minimum absolute atomic E-state index is 0.0769. The van der Waals surface area contributed by atoms with E-state index in [-0.39, 0.29) is 16.7 Å². The quantitative estimate of drug-likeness (QED) is 0.663. The van der Waals surface area contributed by atoms with Crippen LogP contribution in [0, 0.1) is 6.92 Å². The second kappa shape index (κ2) is 5.60. The zero-order chi connectivity index (χ0) is 15.6. The van der Waals surface area contributed by atoms with Crippen LogP contribution in [0.2, 0.25) is 0 Å². The van der Waals surface area contributed by atoms with Crippen LogP contribution >= 0.6 is 0 Å². The van der Waals surface area contributed by atoms with E-state index in [0.717, 1.165) is 11.1 Å². The largest absolute Gasteiger partial charge is 0.507 e. The zero-order valence-electron chi connectivity index (χ0n) is 12.8. The summed E-state index contributed by atoms with van der Waals surface area (Å²) in [5.74, 6) is -0.101. The van der Waals surface area contributed by atoms with Gasteiger partial charge in [-0.25, -0.2) is 4.79 Å². The molecule has 0 saturated heterocycles. The molecule has 0 spiro atoms. The molecule has 0 radical (unpaired) electrons. The van der Waals surface area contributed by atoms with Crippen LogP contribution in [0.15, 0.2) is 42.5 Å². The first-order valence-corrected chi connectivity index (χ1v) is 6.90. The molecular formula is C18H20O3. The summed E-state index contributed by atoms with van der Waals surface area (Å²) in [5.41, 5.74) is 2.10. The van der Waals surface area contributed by atoms with Crippen LogP contribution in [0.25, 0.3) is 0 Å². The van der Waals surface area contributed by atoms with Gasteiger partial charge in [0.2, 0.25) is 0 Å². The van der Waals surface area contributed by atoms with E-state index in [4.69, 9.17) is 4.74 Å². The van der Waals surface area contributed by atoms with Crippen molar-refractivity contribution in [3.8, 4) is 11.5 Å². The van der Waals surface area contributed by atoms with Crippen molar-refractivity contribution >= 4 is 5.97 Å². The Balaban J connectivity index is 2.36. The molecule has 21 heavy (non-hydrogen) atoms. The molecule has 0 saturated carbocycles. The number of rotatable bonds is 2. The molecule has 2 aromatic rings. The Hall–Kier alpha value is -2.29. The fourth-order valence-electron chi connectivity index (χ4n) is 2.12. The number of hydrogen-bond acceptors (Lipinski definition) is 3. The van der Waals surface area contributed by atoms with Gasteiger partial charge < -0.3 is 9.84 Å². The molecule has 0 aliphatic carbocycles. The van der Waals surface area contributed by atoms with Crippen molar-refractivity contribution < 1.29 is 14.6 Å². The van der Waals surface area contributed by atoms with Crippen molar-refractivity contribution in [1.82, 2.24) is 0 Å². The lowest BCUT2D eigenvalue weighted by Crippen LogP contribution is -2.16. The number of aryl methyl sites for hydroxylation is 1. The third kappa shape index (κ3) is 3.43. The SMILES string of the molecule is Cc1ccc(OC(=O)c2ccccc2O)c(C(C)(C)C)c1. The Labute approximate surface area is 125 Å². The van der Waals surface area contributed by atoms with Crippen molar-refractivity contribution in [1.29, 1.82) is 0 Å². The Morgan fingerprint density at radius 3 is 2.38 bits per heavy atom. The number of aromatic hydroxyl groups is 1. The van der Waals surface area contributed by atoms with Gasteiger partial charge in [0.1, 0.15) is 17.1 Å². The molecule has 2 rings (SSSR count). The number of carbonyl (C=O) groups is 1. The van der Waals surface area contributed by atoms with E-state index in [1.54, 1.807) is 24.3 Å². The normalized spacial score (nSPS) is 11.2. The molecule has 0 amide bonds. The fourth-order valence-corrected chi connectivity index (χ4v) is 2.12. The highest BCUT2D eigenvalue weighted by Gasteiger charge is 2.22. The molecule has 3 nitrogen and oxygen atoms in total. The minimum Gasteiger partial charge on any atom is -0.507 e. The first-order chi connectivity index (χ1) is 9.79. The summed E-state index contributed by atoms with van der Waals surface area (Å²) in [5, 5.41) is 9.73. The first-order valence-electron chi connectivity index (χ1n) is 6.90. The van der Waals surface area contributed by atoms with Gasteiger partial charge in [0.05, 0.1) is 0 Å². The molecule has 110 valence electrons. The number of esters is 1. The molecule has 1 N–H and O–H groups in total. The van der Waals surface area contributed by atoms with Crippen molar-refractivity contribution in [3.05, 3.63) is 59.2 Å². The van der Waals surface area contributed by atoms with E-state index in [9.17, 15) is 9.90 Å². The first kappa shape index (κ1) is 15.1. The van der Waals surface area contributed by atoms with E-state index >= 15 is 0 Å². The highest BCUT2D eigenvalue weighted by atomic mass is 16.5. The molecule has 0 aliphatic rings. The third-order valence-corrected chi connectivity index (χ3v) is 3.27. The molecule has 0 atom stereocenters. The maximum atomic E-state index is 12.2. The highest BCUT2D eigenvalue weighted by molar-refractivity contribution is 5.94. The van der Waals surface area contributed by atoms with E-state index in [2.05, 4.69) is 20.8 Å². The smallest absolute Gasteiger partial charge is 0.347 e. The Bertz CT molecular complexity index is 666. The molecule has 0 aliphatic heterocycles. The molecular weight excluding hydrogens is 264 g/mol. The monoisotopic (exact) mass is 284 g/mol. The number of benzene rings is 2. The number of para-hydroxylation sites is 1. The van der Waals surface area contributed by atoms with Crippen LogP contribution in [-0.2, 0) is 5.41 Å². The van der Waals surface area contributed by atoms with Crippen molar-refractivity contribution in [2.45, 2.75) is 33.1 Å². The van der Waals surface area contributed by atoms with Crippen molar-refractivity contribution in [2.24, 2.45) is 0 Å². The van der Waals surface area contributed by atoms with Crippen LogP contribution in [0.5, 0.6) is 11.5 Å². The number of ether oxygens (including phenoxy) is 1. The van der Waals surface area contributed by atoms with Gasteiger partial charge in [-0.1, -0.05) is 50.6 Å². The molecule has 0 unspecified atom stereocenters. The molecule has 0 heterocycles. The maximum absolute atomic E-state index is 12.2. The minimum atomic E-state index is -0.553. The van der Waals surface area contributed by atoms with Crippen molar-refractivity contribution in [3.63, 3.8) is 0 Å². The average Bonchev–Trinajstić information content (AvgIpc) is 2.40. The fraction of sp³-hybridized carbons (Fsp3) is 0.278. The average molecular weight is 284 g/mol. The van der Waals surface area contributed by atoms with Crippen molar-refractivity contribution in [2.75, 3.05) is 0 Å². The van der Waals surface area contributed by atoms with Gasteiger partial charge >= 0.3 is 5.97 Å². The summed E-state index contributed by atoms with van der Waals surface area (Å²) in [4.78, 5) is 12.2. The van der Waals surface area contributed by atoms with E-state index in [0.29, 0.717) is 5.75 Å². The number of phenols is 1. The summed E-state index contributed by atoms with van der Waals surface area (Å²) in [6.07, 6.45) is 0. The van der Waals surface area contributed by atoms with Gasteiger partial charge in [-0.05, 0) is 30.5 Å². The number of hydrogen-bond donors (Lipinski definition) is 1. The Morgan fingerprint density at radius 1 is 1.10 bits per heavy atom. The number of phenolic OH excluding ortho intramolecular Hbond substituents is 1. The van der Waals surface area contributed by atoms with E-state index in [1.807, 2.05) is 19.1 Å². The summed E-state index contributed by atoms with van der Waals surface area (Å²) < 4.78 is 5.49. The second-order valence-electron chi connectivity index (χ2n) is 6.16. The predicted octanol–water partition coefficient (Wildman–Crippen LogP) is 4.22. The zero-order valence-corrected chi connectivity index (χ0v) is 12.8. The van der Waals surface area contributed by atoms with E-state index < -0.39 is 5.97 Å². The van der Waals surface area contributed by atoms with Gasteiger partial charge in [0.25, 0.3) is 0 Å². The van der Waals surface area contributed by atoms with E-state index in [1.165, 1.54) is 6.07 Å². The van der Waals surface area contributed by atoms with Gasteiger partial charge in [0.15, 0.2) is 0 Å². The lowest BCUT2D eigenvalue weighted by atomic mass is 9.85. The molecule has 0 fully saturated rings. The van der Waals surface area contributed by atoms with Crippen LogP contribution in [0.3, 0.4) is 0 Å². The highest BCUT2D eigenvalue weighted by Crippen LogP contribution is 2.33. The van der Waals surface area contributed by atoms with Gasteiger partial charge in [-0.15, -0.1) is 0 Å². The van der Waals surface area contributed by atoms with Crippen LogP contribution in [-0.4, -0.2) is 11.1 Å². The lowest BCUT2D eigenvalue weighted by Gasteiger charge is -2.22. The summed E-state index contributed by atoms with van der Waals surface area (Å²) >= 11 is 0. The molecule has 2 aromatic carbocycles. The molecule has 0 aromatic heterocycles. The van der Waals surface area contributed by atoms with Crippen LogP contribution in [0.4, 0.5) is 0 Å². The predicted molar refractivity (Wildman–Crippen MR) is 82.9 cm³/mol. The van der Waals surface area contributed by atoms with Crippen LogP contribution in [0.1, 0.15) is 42.3 Å². The summed E-state index contributed by atoms with van der Waals surface area (Å²) in [6.45, 7) is 8.21. The Kier molecular flexibility index (Phi) is 4.03. The topological polar surface area (TPSA) is 46.5 Å². The molecule has 3 heteroatoms. The third-order valence-electron chi connectivity index (χ3n) is 3.27.